The first-order valence-corrected chi connectivity index (χ1v) is 9.67. The maximum absolute atomic E-state index is 11.6. The molecule has 0 unspecified atom stereocenters. The third-order valence-corrected chi connectivity index (χ3v) is 4.40. The molecule has 0 aromatic heterocycles. The molecule has 0 aliphatic carbocycles. The molecule has 0 aliphatic rings. The van der Waals surface area contributed by atoms with Crippen molar-refractivity contribution < 1.29 is 13.2 Å². The fourth-order valence-electron chi connectivity index (χ4n) is 2.12. The first-order chi connectivity index (χ1) is 10.9. The van der Waals surface area contributed by atoms with E-state index in [9.17, 15) is 8.42 Å². The molecule has 1 aromatic carbocycles. The smallest absolute Gasteiger partial charge is 0.191 e. The number of aliphatic imine (C=N–C) groups is 1. The second-order valence-electron chi connectivity index (χ2n) is 5.19. The number of nitrogens with zero attached hydrogens (tertiary/aromatic N) is 1. The molecule has 0 bridgehead atoms. The van der Waals surface area contributed by atoms with Gasteiger partial charge in [0.1, 0.15) is 0 Å². The van der Waals surface area contributed by atoms with Crippen molar-refractivity contribution >= 4 is 15.8 Å². The van der Waals surface area contributed by atoms with E-state index < -0.39 is 9.84 Å². The largest absolute Gasteiger partial charge is 0.380 e. The highest BCUT2D eigenvalue weighted by molar-refractivity contribution is 7.90. The predicted octanol–water partition coefficient (Wildman–Crippen LogP) is 1.49. The lowest BCUT2D eigenvalue weighted by atomic mass is 10.1. The number of aryl methyl sites for hydroxylation is 1. The van der Waals surface area contributed by atoms with E-state index >= 15 is 0 Å². The number of rotatable bonds is 8. The maximum Gasteiger partial charge on any atom is 0.191 e. The summed E-state index contributed by atoms with van der Waals surface area (Å²) in [6.45, 7) is 9.03. The fourth-order valence-corrected chi connectivity index (χ4v) is 3.08. The normalized spacial score (nSPS) is 12.3. The number of guanidine groups is 1. The second-order valence-corrected chi connectivity index (χ2v) is 7.18. The molecule has 0 radical (unpaired) electrons. The van der Waals surface area contributed by atoms with Gasteiger partial charge in [0.15, 0.2) is 15.8 Å². The zero-order valence-corrected chi connectivity index (χ0v) is 15.2. The van der Waals surface area contributed by atoms with E-state index in [0.717, 1.165) is 23.6 Å². The zero-order valence-electron chi connectivity index (χ0n) is 14.3. The molecular formula is C16H27N3O3S. The molecule has 6 nitrogen and oxygen atoms in total. The lowest BCUT2D eigenvalue weighted by Gasteiger charge is -2.11. The Labute approximate surface area is 139 Å². The monoisotopic (exact) mass is 341 g/mol. The Morgan fingerprint density at radius 2 is 2.00 bits per heavy atom. The Bertz CT molecular complexity index is 627. The summed E-state index contributed by atoms with van der Waals surface area (Å²) in [4.78, 5) is 4.87. The highest BCUT2D eigenvalue weighted by atomic mass is 32.2. The van der Waals surface area contributed by atoms with Crippen molar-refractivity contribution in [3.63, 3.8) is 0 Å². The first kappa shape index (κ1) is 19.4. The van der Waals surface area contributed by atoms with Crippen LogP contribution in [0.25, 0.3) is 0 Å². The average molecular weight is 341 g/mol. The van der Waals surface area contributed by atoms with Crippen LogP contribution in [0.3, 0.4) is 0 Å². The van der Waals surface area contributed by atoms with Gasteiger partial charge in [-0.05, 0) is 38.0 Å². The number of hydrogen-bond acceptors (Lipinski definition) is 4. The average Bonchev–Trinajstić information content (AvgIpc) is 2.47. The molecule has 0 spiro atoms. The van der Waals surface area contributed by atoms with E-state index in [1.54, 1.807) is 19.1 Å². The fraction of sp³-hybridized carbons (Fsp3) is 0.562. The highest BCUT2D eigenvalue weighted by Gasteiger charge is 2.10. The van der Waals surface area contributed by atoms with E-state index in [1.165, 1.54) is 6.26 Å². The van der Waals surface area contributed by atoms with E-state index in [4.69, 9.17) is 4.74 Å². The minimum absolute atomic E-state index is 0.368. The number of ether oxygens (including phenoxy) is 1. The summed E-state index contributed by atoms with van der Waals surface area (Å²) in [5, 5.41) is 6.36. The summed E-state index contributed by atoms with van der Waals surface area (Å²) < 4.78 is 28.5. The third kappa shape index (κ3) is 7.00. The van der Waals surface area contributed by atoms with Crippen LogP contribution >= 0.6 is 0 Å². The van der Waals surface area contributed by atoms with Gasteiger partial charge in [0.2, 0.25) is 0 Å². The van der Waals surface area contributed by atoms with E-state index in [1.807, 2.05) is 19.9 Å². The van der Waals surface area contributed by atoms with Gasteiger partial charge in [-0.15, -0.1) is 0 Å². The number of hydrogen-bond donors (Lipinski definition) is 2. The molecule has 0 atom stereocenters. The molecule has 1 rings (SSSR count). The van der Waals surface area contributed by atoms with Gasteiger partial charge in [-0.2, -0.15) is 0 Å². The zero-order chi connectivity index (χ0) is 17.3. The summed E-state index contributed by atoms with van der Waals surface area (Å²) >= 11 is 0. The molecule has 2 N–H and O–H groups in total. The van der Waals surface area contributed by atoms with Crippen molar-refractivity contribution in [2.45, 2.75) is 32.2 Å². The molecule has 0 saturated carbocycles. The van der Waals surface area contributed by atoms with Crippen LogP contribution in [0.15, 0.2) is 28.1 Å². The Morgan fingerprint density at radius 1 is 1.26 bits per heavy atom. The highest BCUT2D eigenvalue weighted by Crippen LogP contribution is 2.17. The summed E-state index contributed by atoms with van der Waals surface area (Å²) in [5.41, 5.74) is 1.71. The van der Waals surface area contributed by atoms with E-state index in [0.29, 0.717) is 31.2 Å². The molecule has 0 saturated heterocycles. The van der Waals surface area contributed by atoms with Crippen LogP contribution in [0.1, 0.15) is 25.0 Å². The van der Waals surface area contributed by atoms with Gasteiger partial charge in [-0.3, -0.25) is 0 Å². The van der Waals surface area contributed by atoms with Gasteiger partial charge in [0.25, 0.3) is 0 Å². The van der Waals surface area contributed by atoms with Gasteiger partial charge in [-0.1, -0.05) is 12.1 Å². The second kappa shape index (κ2) is 9.52. The van der Waals surface area contributed by atoms with Crippen molar-refractivity contribution in [3.8, 4) is 0 Å². The number of benzene rings is 1. The summed E-state index contributed by atoms with van der Waals surface area (Å²) in [6, 6.07) is 5.31. The van der Waals surface area contributed by atoms with Crippen molar-refractivity contribution in [1.29, 1.82) is 0 Å². The molecule has 0 fully saturated rings. The summed E-state index contributed by atoms with van der Waals surface area (Å²) in [5.74, 6) is 0.719. The van der Waals surface area contributed by atoms with Crippen molar-refractivity contribution in [3.05, 3.63) is 29.3 Å². The van der Waals surface area contributed by atoms with Crippen molar-refractivity contribution in [2.24, 2.45) is 4.99 Å². The Kier molecular flexibility index (Phi) is 8.05. The van der Waals surface area contributed by atoms with Crippen molar-refractivity contribution in [2.75, 3.05) is 32.6 Å². The molecule has 0 amide bonds. The summed E-state index contributed by atoms with van der Waals surface area (Å²) in [6.07, 6.45) is 1.22. The molecule has 1 aromatic rings. The molecular weight excluding hydrogens is 314 g/mol. The van der Waals surface area contributed by atoms with Crippen LogP contribution in [-0.2, 0) is 21.1 Å². The Morgan fingerprint density at radius 3 is 2.57 bits per heavy atom. The SMILES string of the molecule is CCNC(=NCc1ccc(S(C)(=O)=O)c(C)c1)NCCOCC. The van der Waals surface area contributed by atoms with Crippen LogP contribution in [0.5, 0.6) is 0 Å². The standard InChI is InChI=1S/C16H27N3O3S/c1-5-17-16(18-9-10-22-6-2)19-12-14-7-8-15(13(3)11-14)23(4,20)21/h7-8,11H,5-6,9-10,12H2,1-4H3,(H2,17,18,19). The Hall–Kier alpha value is -1.60. The quantitative estimate of drug-likeness (QED) is 0.425. The Balaban J connectivity index is 2.73. The molecule has 7 heteroatoms. The lowest BCUT2D eigenvalue weighted by Crippen LogP contribution is -2.39. The first-order valence-electron chi connectivity index (χ1n) is 7.78. The van der Waals surface area contributed by atoms with E-state index in [2.05, 4.69) is 15.6 Å². The summed E-state index contributed by atoms with van der Waals surface area (Å²) in [7, 11) is -3.18. The van der Waals surface area contributed by atoms with Gasteiger partial charge in [-0.25, -0.2) is 13.4 Å². The number of nitrogens with one attached hydrogen (secondary N) is 2. The van der Waals surface area contributed by atoms with Crippen LogP contribution in [-0.4, -0.2) is 46.9 Å². The van der Waals surface area contributed by atoms with Crippen LogP contribution in [0, 0.1) is 6.92 Å². The van der Waals surface area contributed by atoms with Gasteiger partial charge in [0, 0.05) is 26.0 Å². The van der Waals surface area contributed by atoms with Crippen LogP contribution in [0.2, 0.25) is 0 Å². The minimum Gasteiger partial charge on any atom is -0.380 e. The number of sulfone groups is 1. The van der Waals surface area contributed by atoms with Crippen molar-refractivity contribution in [1.82, 2.24) is 10.6 Å². The van der Waals surface area contributed by atoms with Crippen LogP contribution < -0.4 is 10.6 Å². The third-order valence-electron chi connectivity index (χ3n) is 3.15. The lowest BCUT2D eigenvalue weighted by molar-refractivity contribution is 0.152. The van der Waals surface area contributed by atoms with Gasteiger partial charge >= 0.3 is 0 Å². The van der Waals surface area contributed by atoms with Gasteiger partial charge < -0.3 is 15.4 Å². The molecule has 0 aliphatic heterocycles. The van der Waals surface area contributed by atoms with Crippen LogP contribution in [0.4, 0.5) is 0 Å². The molecule has 23 heavy (non-hydrogen) atoms. The molecule has 0 heterocycles. The maximum atomic E-state index is 11.6. The molecule has 130 valence electrons. The topological polar surface area (TPSA) is 79.8 Å². The minimum atomic E-state index is -3.18. The predicted molar refractivity (Wildman–Crippen MR) is 93.6 cm³/mol. The van der Waals surface area contributed by atoms with Gasteiger partial charge in [0.05, 0.1) is 18.0 Å². The van der Waals surface area contributed by atoms with E-state index in [-0.39, 0.29) is 0 Å².